The van der Waals surface area contributed by atoms with E-state index in [0.717, 1.165) is 5.69 Å². The number of urea groups is 1. The molecule has 2 amide bonds. The van der Waals surface area contributed by atoms with Gasteiger partial charge in [-0.2, -0.15) is 0 Å². The highest BCUT2D eigenvalue weighted by atomic mass is 35.5. The van der Waals surface area contributed by atoms with Crippen molar-refractivity contribution in [3.63, 3.8) is 0 Å². The Labute approximate surface area is 154 Å². The average Bonchev–Trinajstić information content (AvgIpc) is 3.11. The lowest BCUT2D eigenvalue weighted by Gasteiger charge is -2.35. The van der Waals surface area contributed by atoms with Crippen molar-refractivity contribution < 1.29 is 18.7 Å². The van der Waals surface area contributed by atoms with Gasteiger partial charge in [-0.1, -0.05) is 17.7 Å². The van der Waals surface area contributed by atoms with Crippen LogP contribution in [0.1, 0.15) is 29.9 Å². The van der Waals surface area contributed by atoms with E-state index >= 15 is 0 Å². The van der Waals surface area contributed by atoms with E-state index in [2.05, 4.69) is 20.0 Å². The van der Waals surface area contributed by atoms with Gasteiger partial charge in [0.1, 0.15) is 17.9 Å². The van der Waals surface area contributed by atoms with E-state index in [1.165, 1.54) is 26.2 Å². The lowest BCUT2D eigenvalue weighted by atomic mass is 9.96. The van der Waals surface area contributed by atoms with Crippen molar-refractivity contribution in [2.45, 2.75) is 25.4 Å². The van der Waals surface area contributed by atoms with Gasteiger partial charge in [0.15, 0.2) is 0 Å². The maximum Gasteiger partial charge on any atom is 0.328 e. The summed E-state index contributed by atoms with van der Waals surface area (Å²) in [6, 6.07) is 2.52. The molecule has 2 N–H and O–H groups in total. The molecular weight excluding hydrogens is 363 g/mol. The highest BCUT2D eigenvalue weighted by Gasteiger charge is 2.35. The number of nitrogens with zero attached hydrogens (tertiary/aromatic N) is 2. The summed E-state index contributed by atoms with van der Waals surface area (Å²) >= 11 is 5.92. The summed E-state index contributed by atoms with van der Waals surface area (Å²) in [7, 11) is 1.26. The average molecular weight is 381 g/mol. The molecular formula is C17H18ClFN4O3. The van der Waals surface area contributed by atoms with Gasteiger partial charge in [-0.3, -0.25) is 0 Å². The van der Waals surface area contributed by atoms with E-state index in [0.29, 0.717) is 24.2 Å². The van der Waals surface area contributed by atoms with Crippen molar-refractivity contribution >= 4 is 23.6 Å². The first-order valence-electron chi connectivity index (χ1n) is 8.04. The zero-order valence-corrected chi connectivity index (χ0v) is 15.0. The van der Waals surface area contributed by atoms with Crippen molar-refractivity contribution in [1.29, 1.82) is 0 Å². The predicted octanol–water partition coefficient (Wildman–Crippen LogP) is 2.42. The van der Waals surface area contributed by atoms with Crippen LogP contribution >= 0.6 is 11.6 Å². The summed E-state index contributed by atoms with van der Waals surface area (Å²) in [5.74, 6) is -1.08. The normalized spacial score (nSPS) is 17.4. The zero-order valence-electron chi connectivity index (χ0n) is 14.3. The minimum absolute atomic E-state index is 0.0338. The third kappa shape index (κ3) is 3.37. The van der Waals surface area contributed by atoms with Crippen LogP contribution in [0.25, 0.3) is 0 Å². The van der Waals surface area contributed by atoms with Gasteiger partial charge >= 0.3 is 12.0 Å². The predicted molar refractivity (Wildman–Crippen MR) is 92.3 cm³/mol. The van der Waals surface area contributed by atoms with Crippen molar-refractivity contribution in [3.05, 3.63) is 52.3 Å². The summed E-state index contributed by atoms with van der Waals surface area (Å²) < 4.78 is 18.2. The van der Waals surface area contributed by atoms with Gasteiger partial charge in [-0.25, -0.2) is 19.0 Å². The van der Waals surface area contributed by atoms with Crippen LogP contribution in [0.15, 0.2) is 24.5 Å². The fourth-order valence-corrected chi connectivity index (χ4v) is 3.21. The molecule has 7 nitrogen and oxygen atoms in total. The maximum absolute atomic E-state index is 13.6. The van der Waals surface area contributed by atoms with Crippen LogP contribution in [0.3, 0.4) is 0 Å². The molecule has 1 aliphatic heterocycles. The molecule has 0 unspecified atom stereocenters. The Balaban J connectivity index is 1.94. The monoisotopic (exact) mass is 380 g/mol. The number of nitrogens with one attached hydrogen (secondary N) is 2. The molecule has 0 fully saturated rings. The number of methoxy groups -OCH3 is 1. The molecule has 2 atom stereocenters. The first-order valence-corrected chi connectivity index (χ1v) is 8.42. The molecule has 138 valence electrons. The summed E-state index contributed by atoms with van der Waals surface area (Å²) in [5, 5.41) is 2.58. The SMILES string of the molecule is COC(=O)[C@H](C)NC(=O)N1CCc2[nH]cnc2[C@@H]1c1ccc(F)c(Cl)c1. The molecule has 2 heterocycles. The van der Waals surface area contributed by atoms with E-state index in [4.69, 9.17) is 11.6 Å². The van der Waals surface area contributed by atoms with Crippen molar-refractivity contribution in [3.8, 4) is 0 Å². The Morgan fingerprint density at radius 1 is 1.50 bits per heavy atom. The number of ether oxygens (including phenoxy) is 1. The molecule has 0 spiro atoms. The van der Waals surface area contributed by atoms with E-state index in [1.807, 2.05) is 0 Å². The number of carbonyl (C=O) groups excluding carboxylic acids is 2. The van der Waals surface area contributed by atoms with Gasteiger partial charge in [-0.05, 0) is 24.6 Å². The second-order valence-electron chi connectivity index (χ2n) is 5.98. The van der Waals surface area contributed by atoms with Gasteiger partial charge in [0.05, 0.1) is 24.2 Å². The second kappa shape index (κ2) is 7.33. The molecule has 3 rings (SSSR count). The van der Waals surface area contributed by atoms with Crippen LogP contribution in [-0.2, 0) is 16.0 Å². The first-order chi connectivity index (χ1) is 12.4. The molecule has 0 bridgehead atoms. The Hall–Kier alpha value is -2.61. The number of imidazole rings is 1. The standard InChI is InChI=1S/C17H18ClFN4O3/c1-9(16(24)26-2)22-17(25)23-6-5-13-14(21-8-20-13)15(23)10-3-4-12(19)11(18)7-10/h3-4,7-9,15H,5-6H2,1-2H3,(H,20,21)(H,22,25)/t9-,15-/m0/s1. The Morgan fingerprint density at radius 3 is 2.96 bits per heavy atom. The van der Waals surface area contributed by atoms with Crippen LogP contribution in [0.4, 0.5) is 9.18 Å². The number of amides is 2. The summed E-state index contributed by atoms with van der Waals surface area (Å²) in [6.45, 7) is 1.94. The van der Waals surface area contributed by atoms with E-state index < -0.39 is 29.9 Å². The number of aromatic nitrogens is 2. The highest BCUT2D eigenvalue weighted by molar-refractivity contribution is 6.30. The van der Waals surface area contributed by atoms with Gasteiger partial charge in [0.2, 0.25) is 0 Å². The Kier molecular flexibility index (Phi) is 5.13. The lowest BCUT2D eigenvalue weighted by molar-refractivity contribution is -0.142. The van der Waals surface area contributed by atoms with Crippen LogP contribution < -0.4 is 5.32 Å². The van der Waals surface area contributed by atoms with Crippen molar-refractivity contribution in [2.75, 3.05) is 13.7 Å². The van der Waals surface area contributed by atoms with Crippen LogP contribution in [0.5, 0.6) is 0 Å². The number of hydrogen-bond donors (Lipinski definition) is 2. The number of aromatic amines is 1. The molecule has 1 aliphatic rings. The lowest BCUT2D eigenvalue weighted by Crippen LogP contribution is -2.50. The minimum atomic E-state index is -0.800. The van der Waals surface area contributed by atoms with Gasteiger partial charge in [-0.15, -0.1) is 0 Å². The Bertz CT molecular complexity index is 841. The fraction of sp³-hybridized carbons (Fsp3) is 0.353. The van der Waals surface area contributed by atoms with E-state index in [9.17, 15) is 14.0 Å². The second-order valence-corrected chi connectivity index (χ2v) is 6.39. The van der Waals surface area contributed by atoms with Gasteiger partial charge < -0.3 is 19.9 Å². The number of rotatable bonds is 3. The number of hydrogen-bond acceptors (Lipinski definition) is 4. The highest BCUT2D eigenvalue weighted by Crippen LogP contribution is 2.34. The molecule has 0 saturated carbocycles. The fourth-order valence-electron chi connectivity index (χ4n) is 3.02. The number of esters is 1. The molecule has 0 radical (unpaired) electrons. The maximum atomic E-state index is 13.6. The van der Waals surface area contributed by atoms with Gasteiger partial charge in [0, 0.05) is 18.7 Å². The van der Waals surface area contributed by atoms with E-state index in [-0.39, 0.29) is 5.02 Å². The molecule has 26 heavy (non-hydrogen) atoms. The first kappa shape index (κ1) is 18.2. The van der Waals surface area contributed by atoms with Gasteiger partial charge in [0.25, 0.3) is 0 Å². The summed E-state index contributed by atoms with van der Waals surface area (Å²) in [5.41, 5.74) is 2.20. The number of fused-ring (bicyclic) bond motifs is 1. The van der Waals surface area contributed by atoms with Crippen molar-refractivity contribution in [1.82, 2.24) is 20.2 Å². The quantitative estimate of drug-likeness (QED) is 0.800. The van der Waals surface area contributed by atoms with Crippen molar-refractivity contribution in [2.24, 2.45) is 0 Å². The molecule has 1 aromatic heterocycles. The number of carbonyl (C=O) groups is 2. The molecule has 1 aromatic carbocycles. The van der Waals surface area contributed by atoms with Crippen LogP contribution in [-0.4, -0.2) is 46.6 Å². The zero-order chi connectivity index (χ0) is 18.8. The third-order valence-electron chi connectivity index (χ3n) is 4.34. The number of halogens is 2. The third-order valence-corrected chi connectivity index (χ3v) is 4.63. The number of H-pyrrole nitrogens is 1. The molecule has 9 heteroatoms. The minimum Gasteiger partial charge on any atom is -0.467 e. The summed E-state index contributed by atoms with van der Waals surface area (Å²) in [4.78, 5) is 33.3. The van der Waals surface area contributed by atoms with Crippen LogP contribution in [0, 0.1) is 5.82 Å². The molecule has 0 saturated heterocycles. The smallest absolute Gasteiger partial charge is 0.328 e. The topological polar surface area (TPSA) is 87.3 Å². The number of benzene rings is 1. The largest absolute Gasteiger partial charge is 0.467 e. The van der Waals surface area contributed by atoms with Crippen LogP contribution in [0.2, 0.25) is 5.02 Å². The molecule has 2 aromatic rings. The van der Waals surface area contributed by atoms with E-state index in [1.54, 1.807) is 17.3 Å². The summed E-state index contributed by atoms with van der Waals surface area (Å²) in [6.07, 6.45) is 2.14. The molecule has 0 aliphatic carbocycles. The Morgan fingerprint density at radius 2 is 2.27 bits per heavy atom.